The van der Waals surface area contributed by atoms with Crippen molar-refractivity contribution in [2.45, 2.75) is 18.4 Å². The van der Waals surface area contributed by atoms with E-state index in [9.17, 15) is 17.8 Å². The van der Waals surface area contributed by atoms with Gasteiger partial charge in [0.25, 0.3) is 11.5 Å². The van der Waals surface area contributed by atoms with Crippen LogP contribution in [0.15, 0.2) is 101 Å². The van der Waals surface area contributed by atoms with E-state index in [1.165, 1.54) is 12.1 Å². The van der Waals surface area contributed by atoms with E-state index in [1.54, 1.807) is 12.1 Å². The molecule has 2 heterocycles. The van der Waals surface area contributed by atoms with Gasteiger partial charge < -0.3 is 9.87 Å². The van der Waals surface area contributed by atoms with Gasteiger partial charge in [-0.25, -0.2) is 13.0 Å². The fourth-order valence-electron chi connectivity index (χ4n) is 3.60. The molecular formula is C26H25N5O4S. The fraction of sp³-hybridized carbons (Fsp3) is 0.115. The molecule has 10 heteroatoms. The van der Waals surface area contributed by atoms with Gasteiger partial charge in [-0.1, -0.05) is 71.2 Å². The summed E-state index contributed by atoms with van der Waals surface area (Å²) in [6.45, 7) is 2.44. The number of nitrogens with zero attached hydrogens (tertiary/aromatic N) is 3. The van der Waals surface area contributed by atoms with E-state index >= 15 is 0 Å². The van der Waals surface area contributed by atoms with Gasteiger partial charge in [-0.15, -0.1) is 0 Å². The van der Waals surface area contributed by atoms with Crippen molar-refractivity contribution in [2.24, 2.45) is 7.05 Å². The van der Waals surface area contributed by atoms with Gasteiger partial charge in [-0.2, -0.15) is 0 Å². The lowest BCUT2D eigenvalue weighted by Gasteiger charge is -2.05. The third-order valence-electron chi connectivity index (χ3n) is 5.35. The van der Waals surface area contributed by atoms with Gasteiger partial charge in [0.15, 0.2) is 6.33 Å². The zero-order valence-electron chi connectivity index (χ0n) is 19.8. The standard InChI is InChI=1S/C19H17N5O.C7H8O3S/c1-23-13-24(12-14-8-4-2-5-9-14)16-17(23)21-19(22-18(16)25)20-15-10-6-3-7-11-15;1-6-2-4-7(5-3-6)11(8,9)10/h2-11,13H,12H2,1H3,(H-,20,21,22,25);2-5H,1H3,(H,8,9,10). The van der Waals surface area contributed by atoms with Gasteiger partial charge in [0, 0.05) is 5.69 Å². The predicted octanol–water partition coefficient (Wildman–Crippen LogP) is 3.24. The van der Waals surface area contributed by atoms with Gasteiger partial charge in [0.1, 0.15) is 10.1 Å². The predicted molar refractivity (Wildman–Crippen MR) is 136 cm³/mol. The minimum atomic E-state index is -4.27. The van der Waals surface area contributed by atoms with Crippen LogP contribution in [0.3, 0.4) is 0 Å². The SMILES string of the molecule is C[n+]1cn(Cc2ccccc2)c2c(=O)[nH]c(Nc3ccccc3)nc21.Cc1ccc(S(=O)(=O)[O-])cc1. The summed E-state index contributed by atoms with van der Waals surface area (Å²) in [5.74, 6) is 0.428. The molecule has 0 aliphatic rings. The molecule has 2 N–H and O–H groups in total. The molecule has 0 spiro atoms. The fourth-order valence-corrected chi connectivity index (χ4v) is 4.07. The second kappa shape index (κ2) is 10.5. The topological polar surface area (TPSA) is 124 Å². The molecule has 5 aromatic rings. The quantitative estimate of drug-likeness (QED) is 0.280. The Kier molecular flexibility index (Phi) is 7.28. The molecule has 0 saturated heterocycles. The number of hydrogen-bond acceptors (Lipinski definition) is 6. The summed E-state index contributed by atoms with van der Waals surface area (Å²) in [6.07, 6.45) is 1.90. The summed E-state index contributed by atoms with van der Waals surface area (Å²) >= 11 is 0. The molecule has 9 nitrogen and oxygen atoms in total. The average molecular weight is 504 g/mol. The summed E-state index contributed by atoms with van der Waals surface area (Å²) in [4.78, 5) is 19.9. The van der Waals surface area contributed by atoms with Crippen LogP contribution in [0.4, 0.5) is 11.6 Å². The van der Waals surface area contributed by atoms with Crippen molar-refractivity contribution in [3.05, 3.63) is 113 Å². The zero-order valence-corrected chi connectivity index (χ0v) is 20.6. The minimum Gasteiger partial charge on any atom is -0.744 e. The van der Waals surface area contributed by atoms with Crippen molar-refractivity contribution in [3.8, 4) is 0 Å². The number of nitrogens with one attached hydrogen (secondary N) is 2. The molecule has 0 aliphatic heterocycles. The Morgan fingerprint density at radius 2 is 1.58 bits per heavy atom. The van der Waals surface area contributed by atoms with Crippen molar-refractivity contribution in [3.63, 3.8) is 0 Å². The third kappa shape index (κ3) is 6.04. The highest BCUT2D eigenvalue weighted by Crippen LogP contribution is 2.14. The van der Waals surface area contributed by atoms with Crippen molar-refractivity contribution in [2.75, 3.05) is 5.32 Å². The van der Waals surface area contributed by atoms with E-state index in [1.807, 2.05) is 90.1 Å². The molecule has 0 saturated carbocycles. The number of imidazole rings is 1. The van der Waals surface area contributed by atoms with Crippen molar-refractivity contribution in [1.82, 2.24) is 14.5 Å². The number of hydrogen-bond donors (Lipinski definition) is 2. The molecule has 0 radical (unpaired) electrons. The van der Waals surface area contributed by atoms with E-state index in [4.69, 9.17) is 0 Å². The molecule has 0 amide bonds. The molecule has 3 aromatic carbocycles. The highest BCUT2D eigenvalue weighted by atomic mass is 32.2. The lowest BCUT2D eigenvalue weighted by Crippen LogP contribution is -2.27. The largest absolute Gasteiger partial charge is 0.744 e. The van der Waals surface area contributed by atoms with Crippen LogP contribution in [0.25, 0.3) is 11.2 Å². The summed E-state index contributed by atoms with van der Waals surface area (Å²) in [5.41, 5.74) is 3.96. The van der Waals surface area contributed by atoms with E-state index in [0.29, 0.717) is 23.7 Å². The first-order valence-corrected chi connectivity index (χ1v) is 12.5. The molecule has 0 aliphatic carbocycles. The highest BCUT2D eigenvalue weighted by molar-refractivity contribution is 7.85. The van der Waals surface area contributed by atoms with Crippen LogP contribution >= 0.6 is 0 Å². The molecular weight excluding hydrogens is 478 g/mol. The number of rotatable bonds is 5. The van der Waals surface area contributed by atoms with Gasteiger partial charge in [0.05, 0.1) is 18.5 Å². The average Bonchev–Trinajstić information content (AvgIpc) is 3.16. The summed E-state index contributed by atoms with van der Waals surface area (Å²) in [5, 5.41) is 3.13. The van der Waals surface area contributed by atoms with Crippen LogP contribution in [0.2, 0.25) is 0 Å². The Morgan fingerprint density at radius 1 is 0.972 bits per heavy atom. The summed E-state index contributed by atoms with van der Waals surface area (Å²) in [6, 6.07) is 25.5. The normalized spacial score (nSPS) is 11.1. The smallest absolute Gasteiger partial charge is 0.311 e. The molecule has 0 atom stereocenters. The maximum absolute atomic E-state index is 12.6. The van der Waals surface area contributed by atoms with Crippen LogP contribution in [0, 0.1) is 6.92 Å². The Bertz CT molecular complexity index is 1630. The number of anilines is 2. The molecule has 0 fully saturated rings. The minimum absolute atomic E-state index is 0.167. The van der Waals surface area contributed by atoms with Crippen molar-refractivity contribution >= 4 is 32.9 Å². The van der Waals surface area contributed by atoms with Crippen molar-refractivity contribution < 1.29 is 17.5 Å². The van der Waals surface area contributed by atoms with Crippen LogP contribution < -0.4 is 15.4 Å². The van der Waals surface area contributed by atoms with Gasteiger partial charge >= 0.3 is 5.65 Å². The Balaban J connectivity index is 0.000000233. The molecule has 184 valence electrons. The summed E-state index contributed by atoms with van der Waals surface area (Å²) in [7, 11) is -2.38. The molecule has 5 rings (SSSR count). The molecule has 36 heavy (non-hydrogen) atoms. The number of fused-ring (bicyclic) bond motifs is 1. The molecule has 0 unspecified atom stereocenters. The molecule has 0 bridgehead atoms. The summed E-state index contributed by atoms with van der Waals surface area (Å²) < 4.78 is 35.0. The van der Waals surface area contributed by atoms with E-state index < -0.39 is 10.1 Å². The number of aryl methyl sites for hydroxylation is 2. The number of aromatic amines is 1. The Hall–Kier alpha value is -4.28. The van der Waals surface area contributed by atoms with Gasteiger partial charge in [0.2, 0.25) is 5.52 Å². The van der Waals surface area contributed by atoms with Gasteiger partial charge in [-0.3, -0.25) is 14.3 Å². The Labute approximate surface area is 208 Å². The maximum Gasteiger partial charge on any atom is 0.311 e. The number of benzene rings is 3. The number of aromatic nitrogens is 4. The second-order valence-electron chi connectivity index (χ2n) is 8.18. The van der Waals surface area contributed by atoms with Crippen molar-refractivity contribution in [1.29, 1.82) is 0 Å². The second-order valence-corrected chi connectivity index (χ2v) is 9.56. The van der Waals surface area contributed by atoms with Crippen LogP contribution in [-0.4, -0.2) is 27.5 Å². The monoisotopic (exact) mass is 503 g/mol. The van der Waals surface area contributed by atoms with Crippen LogP contribution in [-0.2, 0) is 23.7 Å². The van der Waals surface area contributed by atoms with Crippen LogP contribution in [0.1, 0.15) is 11.1 Å². The zero-order chi connectivity index (χ0) is 25.7. The first kappa shape index (κ1) is 24.8. The van der Waals surface area contributed by atoms with E-state index in [0.717, 1.165) is 16.8 Å². The highest BCUT2D eigenvalue weighted by Gasteiger charge is 2.20. The Morgan fingerprint density at radius 3 is 2.19 bits per heavy atom. The maximum atomic E-state index is 12.6. The first-order valence-electron chi connectivity index (χ1n) is 11.1. The van der Waals surface area contributed by atoms with E-state index in [2.05, 4.69) is 15.3 Å². The van der Waals surface area contributed by atoms with E-state index in [-0.39, 0.29) is 10.5 Å². The lowest BCUT2D eigenvalue weighted by molar-refractivity contribution is -0.647. The third-order valence-corrected chi connectivity index (χ3v) is 6.20. The van der Waals surface area contributed by atoms with Gasteiger partial charge in [-0.05, 0) is 36.8 Å². The molecule has 2 aromatic heterocycles. The lowest BCUT2D eigenvalue weighted by atomic mass is 10.2. The van der Waals surface area contributed by atoms with Crippen LogP contribution in [0.5, 0.6) is 0 Å². The first-order chi connectivity index (χ1) is 17.2. The number of para-hydroxylation sites is 1. The number of H-pyrrole nitrogens is 1.